The SMILES string of the molecule is O=C1C=CCCC1.OO. The minimum absolute atomic E-state index is 0.284. The van der Waals surface area contributed by atoms with E-state index in [2.05, 4.69) is 0 Å². The van der Waals surface area contributed by atoms with Crippen molar-refractivity contribution in [3.63, 3.8) is 0 Å². The maximum absolute atomic E-state index is 10.4. The van der Waals surface area contributed by atoms with Gasteiger partial charge in [-0.15, -0.1) is 0 Å². The van der Waals surface area contributed by atoms with Crippen molar-refractivity contribution in [1.82, 2.24) is 0 Å². The van der Waals surface area contributed by atoms with E-state index in [1.54, 1.807) is 6.08 Å². The molecule has 2 N–H and O–H groups in total. The van der Waals surface area contributed by atoms with Gasteiger partial charge < -0.3 is 0 Å². The fourth-order valence-electron chi connectivity index (χ4n) is 0.692. The molecule has 52 valence electrons. The number of carbonyl (C=O) groups is 1. The van der Waals surface area contributed by atoms with Crippen molar-refractivity contribution in [3.8, 4) is 0 Å². The van der Waals surface area contributed by atoms with Crippen LogP contribution in [0.5, 0.6) is 0 Å². The van der Waals surface area contributed by atoms with E-state index in [0.29, 0.717) is 0 Å². The van der Waals surface area contributed by atoms with Gasteiger partial charge in [0.1, 0.15) is 0 Å². The first kappa shape index (κ1) is 8.33. The van der Waals surface area contributed by atoms with Gasteiger partial charge in [-0.1, -0.05) is 6.08 Å². The Labute approximate surface area is 53.6 Å². The lowest BCUT2D eigenvalue weighted by atomic mass is 10.1. The van der Waals surface area contributed by atoms with Crippen LogP contribution in [0.1, 0.15) is 19.3 Å². The second kappa shape index (κ2) is 5.47. The van der Waals surface area contributed by atoms with E-state index in [1.807, 2.05) is 6.08 Å². The van der Waals surface area contributed by atoms with E-state index in [0.717, 1.165) is 19.3 Å². The van der Waals surface area contributed by atoms with Crippen molar-refractivity contribution in [1.29, 1.82) is 0 Å². The standard InChI is InChI=1S/C6H8O.H2O2/c7-6-4-2-1-3-5-6;1-2/h2,4H,1,3,5H2;1-2H. The maximum Gasteiger partial charge on any atom is 0.155 e. The van der Waals surface area contributed by atoms with Gasteiger partial charge in [0.15, 0.2) is 5.78 Å². The molecule has 0 heterocycles. The Balaban J connectivity index is 0.000000291. The number of rotatable bonds is 0. The van der Waals surface area contributed by atoms with Crippen molar-refractivity contribution in [3.05, 3.63) is 12.2 Å². The van der Waals surface area contributed by atoms with Crippen molar-refractivity contribution in [2.24, 2.45) is 0 Å². The van der Waals surface area contributed by atoms with Crippen LogP contribution in [-0.2, 0) is 4.79 Å². The van der Waals surface area contributed by atoms with E-state index in [9.17, 15) is 4.79 Å². The van der Waals surface area contributed by atoms with Crippen molar-refractivity contribution < 1.29 is 15.3 Å². The quantitative estimate of drug-likeness (QED) is 0.384. The van der Waals surface area contributed by atoms with Gasteiger partial charge in [0.25, 0.3) is 0 Å². The average molecular weight is 130 g/mol. The second-order valence-electron chi connectivity index (χ2n) is 1.76. The lowest BCUT2D eigenvalue weighted by Crippen LogP contribution is -1.95. The Bertz CT molecular complexity index is 107. The smallest absolute Gasteiger partial charge is 0.155 e. The lowest BCUT2D eigenvalue weighted by Gasteiger charge is -1.97. The Morgan fingerprint density at radius 3 is 2.33 bits per heavy atom. The Kier molecular flexibility index (Phi) is 5.06. The molecule has 9 heavy (non-hydrogen) atoms. The normalized spacial score (nSPS) is 16.4. The fourth-order valence-corrected chi connectivity index (χ4v) is 0.692. The third-order valence-corrected chi connectivity index (χ3v) is 1.10. The summed E-state index contributed by atoms with van der Waals surface area (Å²) < 4.78 is 0. The molecule has 0 spiro atoms. The minimum Gasteiger partial charge on any atom is -0.295 e. The van der Waals surface area contributed by atoms with Gasteiger partial charge in [-0.2, -0.15) is 0 Å². The van der Waals surface area contributed by atoms with Crippen molar-refractivity contribution >= 4 is 5.78 Å². The fraction of sp³-hybridized carbons (Fsp3) is 0.500. The summed E-state index contributed by atoms with van der Waals surface area (Å²) in [7, 11) is 0. The van der Waals surface area contributed by atoms with Crippen LogP contribution in [0.25, 0.3) is 0 Å². The zero-order chi connectivity index (χ0) is 7.11. The molecule has 0 aromatic heterocycles. The largest absolute Gasteiger partial charge is 0.295 e. The Hall–Kier alpha value is -0.670. The summed E-state index contributed by atoms with van der Waals surface area (Å²) in [6, 6.07) is 0. The molecule has 1 aliphatic carbocycles. The highest BCUT2D eigenvalue weighted by molar-refractivity contribution is 5.90. The van der Waals surface area contributed by atoms with E-state index in [-0.39, 0.29) is 5.78 Å². The molecular weight excluding hydrogens is 120 g/mol. The van der Waals surface area contributed by atoms with Crippen LogP contribution in [-0.4, -0.2) is 16.3 Å². The number of ketones is 1. The maximum atomic E-state index is 10.4. The van der Waals surface area contributed by atoms with Gasteiger partial charge in [-0.3, -0.25) is 15.3 Å². The first-order valence-electron chi connectivity index (χ1n) is 2.79. The van der Waals surface area contributed by atoms with Crippen LogP contribution >= 0.6 is 0 Å². The Morgan fingerprint density at radius 1 is 1.44 bits per heavy atom. The molecule has 0 aromatic carbocycles. The number of hydrogen-bond acceptors (Lipinski definition) is 3. The topological polar surface area (TPSA) is 57.5 Å². The molecule has 0 saturated carbocycles. The van der Waals surface area contributed by atoms with Gasteiger partial charge in [0.2, 0.25) is 0 Å². The molecule has 0 atom stereocenters. The number of allylic oxidation sites excluding steroid dienone is 2. The molecule has 0 radical (unpaired) electrons. The molecule has 0 aromatic rings. The van der Waals surface area contributed by atoms with Gasteiger partial charge in [-0.05, 0) is 18.9 Å². The summed E-state index contributed by atoms with van der Waals surface area (Å²) in [5.74, 6) is 0.284. The van der Waals surface area contributed by atoms with Gasteiger partial charge in [0, 0.05) is 6.42 Å². The molecule has 0 unspecified atom stereocenters. The van der Waals surface area contributed by atoms with Gasteiger partial charge in [0.05, 0.1) is 0 Å². The molecule has 0 amide bonds. The van der Waals surface area contributed by atoms with E-state index in [1.165, 1.54) is 0 Å². The summed E-state index contributed by atoms with van der Waals surface area (Å²) in [6.07, 6.45) is 6.51. The van der Waals surface area contributed by atoms with Crippen molar-refractivity contribution in [2.75, 3.05) is 0 Å². The zero-order valence-electron chi connectivity index (χ0n) is 5.08. The summed E-state index contributed by atoms with van der Waals surface area (Å²) in [4.78, 5) is 10.4. The minimum atomic E-state index is 0.284. The second-order valence-corrected chi connectivity index (χ2v) is 1.76. The van der Waals surface area contributed by atoms with E-state index >= 15 is 0 Å². The summed E-state index contributed by atoms with van der Waals surface area (Å²) in [6.45, 7) is 0. The molecular formula is C6H10O3. The highest BCUT2D eigenvalue weighted by Crippen LogP contribution is 2.04. The van der Waals surface area contributed by atoms with Gasteiger partial charge >= 0.3 is 0 Å². The molecule has 0 bridgehead atoms. The first-order chi connectivity index (χ1) is 4.39. The lowest BCUT2D eigenvalue weighted by molar-refractivity contribution is -0.176. The van der Waals surface area contributed by atoms with Crippen molar-refractivity contribution in [2.45, 2.75) is 19.3 Å². The third-order valence-electron chi connectivity index (χ3n) is 1.10. The number of hydrogen-bond donors (Lipinski definition) is 2. The number of carbonyl (C=O) groups excluding carboxylic acids is 1. The molecule has 3 heteroatoms. The zero-order valence-corrected chi connectivity index (χ0v) is 5.08. The van der Waals surface area contributed by atoms with Crippen LogP contribution in [0.3, 0.4) is 0 Å². The van der Waals surface area contributed by atoms with Crippen LogP contribution in [0.15, 0.2) is 12.2 Å². The molecule has 0 fully saturated rings. The van der Waals surface area contributed by atoms with Crippen LogP contribution < -0.4 is 0 Å². The molecule has 1 rings (SSSR count). The highest BCUT2D eigenvalue weighted by Gasteiger charge is 1.98. The molecule has 1 aliphatic rings. The van der Waals surface area contributed by atoms with Crippen LogP contribution in [0, 0.1) is 0 Å². The monoisotopic (exact) mass is 130 g/mol. The van der Waals surface area contributed by atoms with Crippen LogP contribution in [0.4, 0.5) is 0 Å². The van der Waals surface area contributed by atoms with Gasteiger partial charge in [-0.25, -0.2) is 0 Å². The summed E-state index contributed by atoms with van der Waals surface area (Å²) in [5.41, 5.74) is 0. The first-order valence-corrected chi connectivity index (χ1v) is 2.79. The van der Waals surface area contributed by atoms with E-state index < -0.39 is 0 Å². The predicted molar refractivity (Wildman–Crippen MR) is 33.3 cm³/mol. The molecule has 0 aliphatic heterocycles. The predicted octanol–water partition coefficient (Wildman–Crippen LogP) is 1.31. The highest BCUT2D eigenvalue weighted by atomic mass is 17.0. The molecule has 3 nitrogen and oxygen atoms in total. The summed E-state index contributed by atoms with van der Waals surface area (Å²) in [5, 5.41) is 12.0. The summed E-state index contributed by atoms with van der Waals surface area (Å²) >= 11 is 0. The molecule has 0 saturated heterocycles. The van der Waals surface area contributed by atoms with Crippen LogP contribution in [0.2, 0.25) is 0 Å². The average Bonchev–Trinajstić information content (AvgIpc) is 1.94. The third kappa shape index (κ3) is 3.88. The van der Waals surface area contributed by atoms with E-state index in [4.69, 9.17) is 10.5 Å². The Morgan fingerprint density at radius 2 is 2.11 bits per heavy atom.